The number of carbonyl (C=O) groups is 2. The van der Waals surface area contributed by atoms with E-state index in [0.717, 1.165) is 11.3 Å². The van der Waals surface area contributed by atoms with Crippen molar-refractivity contribution >= 4 is 17.5 Å². The van der Waals surface area contributed by atoms with Gasteiger partial charge < -0.3 is 9.73 Å². The van der Waals surface area contributed by atoms with Crippen LogP contribution in [0, 0.1) is 0 Å². The molecule has 3 rings (SSSR count). The molecule has 1 saturated heterocycles. The van der Waals surface area contributed by atoms with E-state index in [4.69, 9.17) is 4.42 Å². The Morgan fingerprint density at radius 1 is 1.26 bits per heavy atom. The zero-order valence-corrected chi connectivity index (χ0v) is 9.92. The van der Waals surface area contributed by atoms with Crippen LogP contribution in [0.25, 0.3) is 11.3 Å². The fourth-order valence-corrected chi connectivity index (χ4v) is 1.96. The van der Waals surface area contributed by atoms with Gasteiger partial charge in [-0.3, -0.25) is 14.9 Å². The van der Waals surface area contributed by atoms with Gasteiger partial charge in [-0.1, -0.05) is 0 Å². The van der Waals surface area contributed by atoms with Crippen molar-refractivity contribution in [3.05, 3.63) is 36.9 Å². The second kappa shape index (κ2) is 4.56. The van der Waals surface area contributed by atoms with Gasteiger partial charge in [0.05, 0.1) is 12.6 Å². The summed E-state index contributed by atoms with van der Waals surface area (Å²) in [6.45, 7) is 0. The average Bonchev–Trinajstić information content (AvgIpc) is 3.01. The van der Waals surface area contributed by atoms with Gasteiger partial charge in [0.2, 0.25) is 11.8 Å². The van der Waals surface area contributed by atoms with Crippen molar-refractivity contribution in [2.75, 3.05) is 5.32 Å². The molecule has 96 valence electrons. The third kappa shape index (κ3) is 2.33. The minimum Gasteiger partial charge on any atom is -0.444 e. The summed E-state index contributed by atoms with van der Waals surface area (Å²) in [6, 6.07) is 6.88. The predicted octanol–water partition coefficient (Wildman–Crippen LogP) is 1.17. The van der Waals surface area contributed by atoms with E-state index in [-0.39, 0.29) is 18.2 Å². The molecule has 0 saturated carbocycles. The van der Waals surface area contributed by atoms with Gasteiger partial charge in [0.1, 0.15) is 6.04 Å². The van der Waals surface area contributed by atoms with Crippen molar-refractivity contribution < 1.29 is 14.0 Å². The van der Waals surface area contributed by atoms with Crippen molar-refractivity contribution in [3.63, 3.8) is 0 Å². The summed E-state index contributed by atoms with van der Waals surface area (Å²) in [5.41, 5.74) is 1.67. The highest BCUT2D eigenvalue weighted by atomic mass is 16.3. The van der Waals surface area contributed by atoms with Gasteiger partial charge in [0, 0.05) is 11.3 Å². The molecular weight excluding hydrogens is 246 g/mol. The second-order valence-electron chi connectivity index (χ2n) is 4.26. The predicted molar refractivity (Wildman–Crippen MR) is 67.1 cm³/mol. The van der Waals surface area contributed by atoms with Crippen LogP contribution < -0.4 is 10.6 Å². The Balaban J connectivity index is 1.73. The summed E-state index contributed by atoms with van der Waals surface area (Å²) >= 11 is 0. The Labute approximate surface area is 108 Å². The molecule has 1 fully saturated rings. The lowest BCUT2D eigenvalue weighted by atomic mass is 10.1. The number of oxazole rings is 1. The van der Waals surface area contributed by atoms with E-state index < -0.39 is 6.04 Å². The largest absolute Gasteiger partial charge is 0.444 e. The third-order valence-electron chi connectivity index (χ3n) is 2.91. The van der Waals surface area contributed by atoms with Gasteiger partial charge in [-0.15, -0.1) is 0 Å². The zero-order chi connectivity index (χ0) is 13.2. The first-order valence-electron chi connectivity index (χ1n) is 5.81. The Kier molecular flexibility index (Phi) is 2.75. The van der Waals surface area contributed by atoms with E-state index in [1.54, 1.807) is 6.20 Å². The number of carbonyl (C=O) groups excluding carboxylic acids is 2. The molecule has 0 spiro atoms. The first kappa shape index (κ1) is 11.5. The minimum atomic E-state index is -0.497. The highest BCUT2D eigenvalue weighted by Crippen LogP contribution is 2.21. The van der Waals surface area contributed by atoms with Crippen molar-refractivity contribution in [2.45, 2.75) is 12.5 Å². The minimum absolute atomic E-state index is 0.169. The monoisotopic (exact) mass is 257 g/mol. The smallest absolute Gasteiger partial charge is 0.249 e. The van der Waals surface area contributed by atoms with Crippen LogP contribution >= 0.6 is 0 Å². The van der Waals surface area contributed by atoms with Crippen molar-refractivity contribution in [1.82, 2.24) is 10.3 Å². The normalized spacial score (nSPS) is 18.4. The highest BCUT2D eigenvalue weighted by Gasteiger charge is 2.30. The summed E-state index contributed by atoms with van der Waals surface area (Å²) in [4.78, 5) is 26.3. The molecule has 2 heterocycles. The molecule has 1 aromatic carbocycles. The maximum absolute atomic E-state index is 11.4. The van der Waals surface area contributed by atoms with E-state index >= 15 is 0 Å². The van der Waals surface area contributed by atoms with Crippen LogP contribution in [0.3, 0.4) is 0 Å². The number of amides is 2. The summed E-state index contributed by atoms with van der Waals surface area (Å²) in [6.07, 6.45) is 3.17. The standard InChI is InChI=1S/C13H11N3O3/c17-12-5-10(13(18)16-12)15-9-3-1-8(2-4-9)11-6-14-7-19-11/h1-4,6-7,10,15H,5H2,(H,16,17,18). The van der Waals surface area contributed by atoms with Crippen molar-refractivity contribution in [2.24, 2.45) is 0 Å². The highest BCUT2D eigenvalue weighted by molar-refractivity contribution is 6.06. The molecule has 19 heavy (non-hydrogen) atoms. The number of nitrogens with zero attached hydrogens (tertiary/aromatic N) is 1. The Morgan fingerprint density at radius 3 is 2.63 bits per heavy atom. The van der Waals surface area contributed by atoms with Crippen molar-refractivity contribution in [3.8, 4) is 11.3 Å². The van der Waals surface area contributed by atoms with E-state index in [2.05, 4.69) is 15.6 Å². The molecule has 1 atom stereocenters. The molecule has 1 aliphatic heterocycles. The van der Waals surface area contributed by atoms with Gasteiger partial charge >= 0.3 is 0 Å². The molecule has 0 aliphatic carbocycles. The van der Waals surface area contributed by atoms with Crippen LogP contribution in [-0.4, -0.2) is 22.8 Å². The van der Waals surface area contributed by atoms with E-state index in [1.807, 2.05) is 24.3 Å². The van der Waals surface area contributed by atoms with Gasteiger partial charge in [0.15, 0.2) is 12.2 Å². The molecule has 1 aromatic heterocycles. The van der Waals surface area contributed by atoms with Gasteiger partial charge in [-0.05, 0) is 24.3 Å². The van der Waals surface area contributed by atoms with Crippen LogP contribution in [0.15, 0.2) is 41.3 Å². The van der Waals surface area contributed by atoms with Crippen LogP contribution in [0.4, 0.5) is 5.69 Å². The molecule has 2 amide bonds. The van der Waals surface area contributed by atoms with Gasteiger partial charge in [-0.25, -0.2) is 4.98 Å². The molecule has 0 radical (unpaired) electrons. The summed E-state index contributed by atoms with van der Waals surface area (Å²) in [5, 5.41) is 5.27. The summed E-state index contributed by atoms with van der Waals surface area (Å²) < 4.78 is 5.18. The zero-order valence-electron chi connectivity index (χ0n) is 9.92. The molecule has 0 bridgehead atoms. The van der Waals surface area contributed by atoms with E-state index in [1.165, 1.54) is 6.39 Å². The topological polar surface area (TPSA) is 84.2 Å². The maximum Gasteiger partial charge on any atom is 0.249 e. The Bertz CT molecular complexity index is 605. The van der Waals surface area contributed by atoms with Crippen LogP contribution in [0.5, 0.6) is 0 Å². The fourth-order valence-electron chi connectivity index (χ4n) is 1.96. The fraction of sp³-hybridized carbons (Fsp3) is 0.154. The summed E-state index contributed by atoms with van der Waals surface area (Å²) in [7, 11) is 0. The quantitative estimate of drug-likeness (QED) is 0.806. The molecule has 6 heteroatoms. The third-order valence-corrected chi connectivity index (χ3v) is 2.91. The molecular formula is C13H11N3O3. The number of imide groups is 1. The molecule has 1 aliphatic rings. The number of hydrogen-bond donors (Lipinski definition) is 2. The lowest BCUT2D eigenvalue weighted by Crippen LogP contribution is -2.29. The number of hydrogen-bond acceptors (Lipinski definition) is 5. The van der Waals surface area contributed by atoms with E-state index in [9.17, 15) is 9.59 Å². The summed E-state index contributed by atoms with van der Waals surface area (Å²) in [5.74, 6) is 0.144. The Morgan fingerprint density at radius 2 is 2.05 bits per heavy atom. The second-order valence-corrected chi connectivity index (χ2v) is 4.26. The van der Waals surface area contributed by atoms with Crippen LogP contribution in [-0.2, 0) is 9.59 Å². The maximum atomic E-state index is 11.4. The van der Waals surface area contributed by atoms with Gasteiger partial charge in [-0.2, -0.15) is 0 Å². The lowest BCUT2D eigenvalue weighted by molar-refractivity contribution is -0.124. The lowest BCUT2D eigenvalue weighted by Gasteiger charge is -2.10. The number of aromatic nitrogens is 1. The number of benzene rings is 1. The number of nitrogens with one attached hydrogen (secondary N) is 2. The van der Waals surface area contributed by atoms with E-state index in [0.29, 0.717) is 5.76 Å². The molecule has 1 unspecified atom stereocenters. The SMILES string of the molecule is O=C1CC(Nc2ccc(-c3cnco3)cc2)C(=O)N1. The first-order valence-corrected chi connectivity index (χ1v) is 5.81. The van der Waals surface area contributed by atoms with Crippen LogP contribution in [0.1, 0.15) is 6.42 Å². The molecule has 6 nitrogen and oxygen atoms in total. The average molecular weight is 257 g/mol. The number of anilines is 1. The Hall–Kier alpha value is -2.63. The first-order chi connectivity index (χ1) is 9.22. The van der Waals surface area contributed by atoms with Crippen LogP contribution in [0.2, 0.25) is 0 Å². The molecule has 2 N–H and O–H groups in total. The van der Waals surface area contributed by atoms with Gasteiger partial charge in [0.25, 0.3) is 0 Å². The number of rotatable bonds is 3. The van der Waals surface area contributed by atoms with Crippen molar-refractivity contribution in [1.29, 1.82) is 0 Å². The molecule has 2 aromatic rings.